The fourth-order valence-corrected chi connectivity index (χ4v) is 2.48. The lowest BCUT2D eigenvalue weighted by Crippen LogP contribution is -2.37. The first-order valence-corrected chi connectivity index (χ1v) is 8.95. The van der Waals surface area contributed by atoms with E-state index < -0.39 is 29.3 Å². The molecule has 0 aliphatic carbocycles. The van der Waals surface area contributed by atoms with Gasteiger partial charge in [-0.25, -0.2) is 4.79 Å². The van der Waals surface area contributed by atoms with Crippen LogP contribution in [-0.2, 0) is 14.3 Å². The van der Waals surface area contributed by atoms with Crippen molar-refractivity contribution in [3.8, 4) is 0 Å². The highest BCUT2D eigenvalue weighted by molar-refractivity contribution is 5.96. The van der Waals surface area contributed by atoms with Crippen LogP contribution in [0.25, 0.3) is 0 Å². The number of nitrogens with zero attached hydrogens (tertiary/aromatic N) is 2. The summed E-state index contributed by atoms with van der Waals surface area (Å²) in [6.07, 6.45) is 0. The highest BCUT2D eigenvalue weighted by Crippen LogP contribution is 2.25. The van der Waals surface area contributed by atoms with Gasteiger partial charge in [-0.2, -0.15) is 0 Å². The fourth-order valence-electron chi connectivity index (χ4n) is 2.48. The van der Waals surface area contributed by atoms with Crippen LogP contribution in [0.3, 0.4) is 0 Å². The summed E-state index contributed by atoms with van der Waals surface area (Å²) in [7, 11) is 2.92. The SMILES string of the molecule is CNc1ccc(C(=O)OCC(=O)N(C)CC(=O)Nc2ccc(C)cc2)cc1[N+](=O)[O-]. The van der Waals surface area contributed by atoms with Crippen LogP contribution in [0.5, 0.6) is 0 Å². The Morgan fingerprint density at radius 1 is 1.13 bits per heavy atom. The first-order chi connectivity index (χ1) is 14.2. The van der Waals surface area contributed by atoms with Crippen LogP contribution in [-0.4, -0.2) is 54.9 Å². The molecule has 0 spiro atoms. The summed E-state index contributed by atoms with van der Waals surface area (Å²) in [6, 6.07) is 11.0. The summed E-state index contributed by atoms with van der Waals surface area (Å²) < 4.78 is 4.93. The van der Waals surface area contributed by atoms with Crippen LogP contribution >= 0.6 is 0 Å². The summed E-state index contributed by atoms with van der Waals surface area (Å²) in [4.78, 5) is 47.9. The first kappa shape index (κ1) is 22.3. The Morgan fingerprint density at radius 2 is 1.80 bits per heavy atom. The van der Waals surface area contributed by atoms with Gasteiger partial charge in [0.2, 0.25) is 5.91 Å². The molecule has 0 aromatic heterocycles. The zero-order valence-electron chi connectivity index (χ0n) is 16.8. The molecule has 0 bridgehead atoms. The van der Waals surface area contributed by atoms with Crippen LogP contribution in [0, 0.1) is 17.0 Å². The maximum Gasteiger partial charge on any atom is 0.338 e. The minimum atomic E-state index is -0.883. The summed E-state index contributed by atoms with van der Waals surface area (Å²) in [5.41, 5.74) is 1.54. The molecule has 0 saturated carbocycles. The summed E-state index contributed by atoms with van der Waals surface area (Å²) in [5.74, 6) is -1.88. The standard InChI is InChI=1S/C20H22N4O6/c1-13-4-7-15(8-5-13)22-18(25)11-23(3)19(26)12-30-20(27)14-6-9-16(21-2)17(10-14)24(28)29/h4-10,21H,11-12H2,1-3H3,(H,22,25). The molecule has 2 N–H and O–H groups in total. The second kappa shape index (κ2) is 10.0. The van der Waals surface area contributed by atoms with Gasteiger partial charge in [-0.15, -0.1) is 0 Å². The van der Waals surface area contributed by atoms with E-state index in [1.54, 1.807) is 12.1 Å². The van der Waals surface area contributed by atoms with E-state index in [0.29, 0.717) is 5.69 Å². The average molecular weight is 414 g/mol. The molecule has 0 unspecified atom stereocenters. The average Bonchev–Trinajstić information content (AvgIpc) is 2.72. The quantitative estimate of drug-likeness (QED) is 0.385. The molecule has 2 amide bonds. The number of rotatable bonds is 8. The van der Waals surface area contributed by atoms with Crippen LogP contribution in [0.15, 0.2) is 42.5 Å². The molecule has 0 radical (unpaired) electrons. The lowest BCUT2D eigenvalue weighted by atomic mass is 10.1. The molecule has 0 atom stereocenters. The number of hydrogen-bond acceptors (Lipinski definition) is 7. The number of likely N-dealkylation sites (N-methyl/N-ethyl adjacent to an activating group) is 1. The molecule has 158 valence electrons. The lowest BCUT2D eigenvalue weighted by Gasteiger charge is -2.17. The van der Waals surface area contributed by atoms with Gasteiger partial charge in [0.05, 0.1) is 17.0 Å². The highest BCUT2D eigenvalue weighted by Gasteiger charge is 2.20. The molecule has 0 aliphatic heterocycles. The molecular formula is C20H22N4O6. The van der Waals surface area contributed by atoms with Gasteiger partial charge in [-0.1, -0.05) is 17.7 Å². The van der Waals surface area contributed by atoms with E-state index in [1.165, 1.54) is 26.2 Å². The molecule has 10 nitrogen and oxygen atoms in total. The third-order valence-corrected chi connectivity index (χ3v) is 4.17. The molecular weight excluding hydrogens is 392 g/mol. The van der Waals surface area contributed by atoms with Crippen molar-refractivity contribution in [3.63, 3.8) is 0 Å². The van der Waals surface area contributed by atoms with Crippen molar-refractivity contribution in [3.05, 3.63) is 63.7 Å². The summed E-state index contributed by atoms with van der Waals surface area (Å²) in [6.45, 7) is 1.09. The Balaban J connectivity index is 1.89. The predicted molar refractivity (Wildman–Crippen MR) is 110 cm³/mol. The topological polar surface area (TPSA) is 131 Å². The maximum atomic E-state index is 12.1. The smallest absolute Gasteiger partial charge is 0.338 e. The van der Waals surface area contributed by atoms with Gasteiger partial charge in [-0.05, 0) is 31.2 Å². The number of aryl methyl sites for hydroxylation is 1. The number of anilines is 2. The number of benzene rings is 2. The van der Waals surface area contributed by atoms with Crippen molar-refractivity contribution in [2.45, 2.75) is 6.92 Å². The molecule has 2 aromatic carbocycles. The molecule has 0 heterocycles. The number of amides is 2. The zero-order valence-corrected chi connectivity index (χ0v) is 16.8. The Kier molecular flexibility index (Phi) is 7.45. The molecule has 2 aromatic rings. The van der Waals surface area contributed by atoms with Crippen molar-refractivity contribution >= 4 is 34.8 Å². The zero-order chi connectivity index (χ0) is 22.3. The summed E-state index contributed by atoms with van der Waals surface area (Å²) in [5, 5.41) is 16.4. The Bertz CT molecular complexity index is 958. The Labute approximate surface area is 173 Å². The lowest BCUT2D eigenvalue weighted by molar-refractivity contribution is -0.384. The molecule has 2 rings (SSSR count). The van der Waals surface area contributed by atoms with Crippen molar-refractivity contribution < 1.29 is 24.0 Å². The van der Waals surface area contributed by atoms with Crippen LogP contribution in [0.1, 0.15) is 15.9 Å². The van der Waals surface area contributed by atoms with Gasteiger partial charge in [0.1, 0.15) is 5.69 Å². The fraction of sp³-hybridized carbons (Fsp3) is 0.250. The van der Waals surface area contributed by atoms with Crippen molar-refractivity contribution in [2.75, 3.05) is 37.9 Å². The number of nitro benzene ring substituents is 1. The number of nitro groups is 1. The largest absolute Gasteiger partial charge is 0.452 e. The monoisotopic (exact) mass is 414 g/mol. The van der Waals surface area contributed by atoms with E-state index >= 15 is 0 Å². The van der Waals surface area contributed by atoms with E-state index in [1.807, 2.05) is 19.1 Å². The Morgan fingerprint density at radius 3 is 2.40 bits per heavy atom. The van der Waals surface area contributed by atoms with Gasteiger partial charge in [0.25, 0.3) is 11.6 Å². The maximum absolute atomic E-state index is 12.1. The number of carbonyl (C=O) groups is 3. The minimum absolute atomic E-state index is 0.0618. The van der Waals surface area contributed by atoms with Gasteiger partial charge in [0.15, 0.2) is 6.61 Å². The normalized spacial score (nSPS) is 10.1. The number of nitrogens with one attached hydrogen (secondary N) is 2. The molecule has 0 aliphatic rings. The van der Waals surface area contributed by atoms with E-state index in [-0.39, 0.29) is 23.5 Å². The van der Waals surface area contributed by atoms with E-state index in [0.717, 1.165) is 16.5 Å². The van der Waals surface area contributed by atoms with Crippen molar-refractivity contribution in [2.24, 2.45) is 0 Å². The first-order valence-electron chi connectivity index (χ1n) is 8.95. The third kappa shape index (κ3) is 6.03. The van der Waals surface area contributed by atoms with E-state index in [2.05, 4.69) is 10.6 Å². The second-order valence-corrected chi connectivity index (χ2v) is 6.48. The van der Waals surface area contributed by atoms with Crippen LogP contribution in [0.2, 0.25) is 0 Å². The van der Waals surface area contributed by atoms with Gasteiger partial charge < -0.3 is 20.3 Å². The number of esters is 1. The van der Waals surface area contributed by atoms with Crippen LogP contribution < -0.4 is 10.6 Å². The highest BCUT2D eigenvalue weighted by atomic mass is 16.6. The molecule has 0 saturated heterocycles. The number of hydrogen-bond donors (Lipinski definition) is 2. The van der Waals surface area contributed by atoms with Gasteiger partial charge >= 0.3 is 5.97 Å². The van der Waals surface area contributed by atoms with E-state index in [4.69, 9.17) is 4.74 Å². The predicted octanol–water partition coefficient (Wildman–Crippen LogP) is 2.20. The van der Waals surface area contributed by atoms with Crippen LogP contribution in [0.4, 0.5) is 17.1 Å². The summed E-state index contributed by atoms with van der Waals surface area (Å²) >= 11 is 0. The number of carbonyl (C=O) groups excluding carboxylic acids is 3. The van der Waals surface area contributed by atoms with Gasteiger partial charge in [0, 0.05) is 25.8 Å². The second-order valence-electron chi connectivity index (χ2n) is 6.48. The third-order valence-electron chi connectivity index (χ3n) is 4.17. The van der Waals surface area contributed by atoms with E-state index in [9.17, 15) is 24.5 Å². The minimum Gasteiger partial charge on any atom is -0.452 e. The van der Waals surface area contributed by atoms with Gasteiger partial charge in [-0.3, -0.25) is 19.7 Å². The number of ether oxygens (including phenoxy) is 1. The molecule has 10 heteroatoms. The molecule has 0 fully saturated rings. The molecule has 30 heavy (non-hydrogen) atoms. The Hall–Kier alpha value is -3.95. The van der Waals surface area contributed by atoms with Crippen molar-refractivity contribution in [1.82, 2.24) is 4.90 Å². The van der Waals surface area contributed by atoms with Crippen molar-refractivity contribution in [1.29, 1.82) is 0 Å².